The highest BCUT2D eigenvalue weighted by Gasteiger charge is 2.34. The van der Waals surface area contributed by atoms with E-state index >= 15 is 0 Å². The highest BCUT2D eigenvalue weighted by Crippen LogP contribution is 2.27. The van der Waals surface area contributed by atoms with Crippen molar-refractivity contribution in [2.45, 2.75) is 26.3 Å². The molecule has 5 heteroatoms. The lowest BCUT2D eigenvalue weighted by molar-refractivity contribution is -0.117. The second kappa shape index (κ2) is 4.74. The van der Waals surface area contributed by atoms with Gasteiger partial charge in [-0.3, -0.25) is 4.79 Å². The van der Waals surface area contributed by atoms with Crippen LogP contribution >= 0.6 is 15.9 Å². The molecule has 1 aliphatic heterocycles. The molecule has 1 amide bonds. The minimum absolute atomic E-state index is 0.0128. The number of carbonyl (C=O) groups excluding carboxylic acids is 1. The number of hydrogen-bond acceptors (Lipinski definition) is 3. The minimum atomic E-state index is -0.120. The zero-order valence-electron chi connectivity index (χ0n) is 9.96. The molecule has 1 atom stereocenters. The summed E-state index contributed by atoms with van der Waals surface area (Å²) in [7, 11) is 0. The van der Waals surface area contributed by atoms with Crippen LogP contribution in [0.3, 0.4) is 0 Å². The molecule has 1 fully saturated rings. The molecule has 17 heavy (non-hydrogen) atoms. The third-order valence-corrected chi connectivity index (χ3v) is 3.31. The molecule has 1 saturated heterocycles. The topological polar surface area (TPSA) is 54.0 Å². The molecule has 1 aromatic heterocycles. The molecule has 0 spiro atoms. The van der Waals surface area contributed by atoms with Crippen molar-refractivity contribution in [2.24, 2.45) is 5.41 Å². The number of hydrogen-bond donors (Lipinski definition) is 2. The quantitative estimate of drug-likeness (QED) is 0.823. The molecule has 2 heterocycles. The monoisotopic (exact) mass is 297 g/mol. The summed E-state index contributed by atoms with van der Waals surface area (Å²) in [6.07, 6.45) is 0.854. The smallest absolute Gasteiger partial charge is 0.242 e. The predicted octanol–water partition coefficient (Wildman–Crippen LogP) is 2.17. The van der Waals surface area contributed by atoms with Crippen LogP contribution in [-0.2, 0) is 4.79 Å². The molecule has 2 N–H and O–H groups in total. The molecule has 1 aliphatic rings. The van der Waals surface area contributed by atoms with Crippen LogP contribution in [0.15, 0.2) is 22.8 Å². The Labute approximate surface area is 109 Å². The van der Waals surface area contributed by atoms with Crippen LogP contribution < -0.4 is 10.6 Å². The molecule has 1 aromatic rings. The summed E-state index contributed by atoms with van der Waals surface area (Å²) in [4.78, 5) is 16.2. The number of halogens is 1. The van der Waals surface area contributed by atoms with Crippen molar-refractivity contribution in [3.05, 3.63) is 22.8 Å². The van der Waals surface area contributed by atoms with Gasteiger partial charge in [-0.2, -0.15) is 0 Å². The van der Waals surface area contributed by atoms with Crippen LogP contribution in [0.1, 0.15) is 20.3 Å². The molecule has 0 aliphatic carbocycles. The Kier molecular flexibility index (Phi) is 3.49. The normalized spacial score (nSPS) is 22.4. The number of pyridine rings is 1. The zero-order valence-corrected chi connectivity index (χ0v) is 11.5. The summed E-state index contributed by atoms with van der Waals surface area (Å²) in [6, 6.07) is 5.33. The Bertz CT molecular complexity index is 434. The van der Waals surface area contributed by atoms with Gasteiger partial charge in [-0.1, -0.05) is 19.9 Å². The largest absolute Gasteiger partial charge is 0.309 e. The van der Waals surface area contributed by atoms with Gasteiger partial charge in [-0.15, -0.1) is 0 Å². The Morgan fingerprint density at radius 1 is 1.59 bits per heavy atom. The van der Waals surface area contributed by atoms with Gasteiger partial charge in [0.05, 0.1) is 6.04 Å². The van der Waals surface area contributed by atoms with Gasteiger partial charge in [0.15, 0.2) is 0 Å². The lowest BCUT2D eigenvalue weighted by Gasteiger charge is -2.15. The maximum atomic E-state index is 12.0. The van der Waals surface area contributed by atoms with Crippen molar-refractivity contribution in [3.8, 4) is 0 Å². The van der Waals surface area contributed by atoms with Crippen LogP contribution in [0.2, 0.25) is 0 Å². The first-order chi connectivity index (χ1) is 7.96. The van der Waals surface area contributed by atoms with E-state index in [1.54, 1.807) is 6.07 Å². The van der Waals surface area contributed by atoms with Crippen molar-refractivity contribution in [1.29, 1.82) is 0 Å². The number of carbonyl (C=O) groups is 1. The lowest BCUT2D eigenvalue weighted by atomic mass is 9.90. The average molecular weight is 298 g/mol. The van der Waals surface area contributed by atoms with Gasteiger partial charge in [0.2, 0.25) is 5.91 Å². The highest BCUT2D eigenvalue weighted by molar-refractivity contribution is 9.10. The Morgan fingerprint density at radius 2 is 2.35 bits per heavy atom. The second-order valence-corrected chi connectivity index (χ2v) is 5.95. The van der Waals surface area contributed by atoms with Crippen LogP contribution in [0.5, 0.6) is 0 Å². The van der Waals surface area contributed by atoms with Crippen molar-refractivity contribution in [1.82, 2.24) is 10.3 Å². The number of anilines is 1. The number of nitrogens with one attached hydrogen (secondary N) is 2. The molecular formula is C12H16BrN3O. The minimum Gasteiger partial charge on any atom is -0.309 e. The maximum absolute atomic E-state index is 12.0. The Morgan fingerprint density at radius 3 is 2.94 bits per heavy atom. The molecular weight excluding hydrogens is 282 g/mol. The standard InChI is InChI=1S/C12H16BrN3O/c1-12(2)6-8(14-7-12)11(17)16-10-5-3-4-9(13)15-10/h3-5,8,14H,6-7H2,1-2H3,(H,15,16,17)/t8-/m0/s1. The van der Waals surface area contributed by atoms with Crippen LogP contribution in [0.4, 0.5) is 5.82 Å². The third-order valence-electron chi connectivity index (χ3n) is 2.87. The fraction of sp³-hybridized carbons (Fsp3) is 0.500. The van der Waals surface area contributed by atoms with Gasteiger partial charge in [-0.05, 0) is 39.9 Å². The van der Waals surface area contributed by atoms with Gasteiger partial charge in [0, 0.05) is 6.54 Å². The van der Waals surface area contributed by atoms with E-state index in [9.17, 15) is 4.79 Å². The molecule has 4 nitrogen and oxygen atoms in total. The van der Waals surface area contributed by atoms with E-state index in [-0.39, 0.29) is 17.4 Å². The van der Waals surface area contributed by atoms with Gasteiger partial charge < -0.3 is 10.6 Å². The van der Waals surface area contributed by atoms with Crippen molar-refractivity contribution in [2.75, 3.05) is 11.9 Å². The van der Waals surface area contributed by atoms with Crippen molar-refractivity contribution >= 4 is 27.7 Å². The SMILES string of the molecule is CC1(C)CN[C@H](C(=O)Nc2cccc(Br)n2)C1. The molecule has 0 radical (unpaired) electrons. The third kappa shape index (κ3) is 3.26. The summed E-state index contributed by atoms with van der Waals surface area (Å²) >= 11 is 3.28. The Balaban J connectivity index is 1.98. The van der Waals surface area contributed by atoms with Gasteiger partial charge in [-0.25, -0.2) is 4.98 Å². The first kappa shape index (κ1) is 12.5. The number of amides is 1. The predicted molar refractivity (Wildman–Crippen MR) is 70.8 cm³/mol. The molecule has 0 saturated carbocycles. The van der Waals surface area contributed by atoms with E-state index in [1.165, 1.54) is 0 Å². The maximum Gasteiger partial charge on any atom is 0.242 e. The van der Waals surface area contributed by atoms with E-state index in [4.69, 9.17) is 0 Å². The number of rotatable bonds is 2. The van der Waals surface area contributed by atoms with Gasteiger partial charge in [0.1, 0.15) is 10.4 Å². The van der Waals surface area contributed by atoms with Crippen molar-refractivity contribution in [3.63, 3.8) is 0 Å². The van der Waals surface area contributed by atoms with E-state index in [1.807, 2.05) is 12.1 Å². The second-order valence-electron chi connectivity index (χ2n) is 5.14. The average Bonchev–Trinajstić information content (AvgIpc) is 2.59. The van der Waals surface area contributed by atoms with E-state index in [2.05, 4.69) is 45.4 Å². The summed E-state index contributed by atoms with van der Waals surface area (Å²) in [5.74, 6) is 0.567. The fourth-order valence-electron chi connectivity index (χ4n) is 1.97. The first-order valence-electron chi connectivity index (χ1n) is 5.63. The van der Waals surface area contributed by atoms with E-state index in [0.717, 1.165) is 17.6 Å². The van der Waals surface area contributed by atoms with Crippen LogP contribution in [-0.4, -0.2) is 23.5 Å². The number of aromatic nitrogens is 1. The summed E-state index contributed by atoms with van der Waals surface area (Å²) in [6.45, 7) is 5.19. The van der Waals surface area contributed by atoms with E-state index < -0.39 is 0 Å². The zero-order chi connectivity index (χ0) is 12.5. The summed E-state index contributed by atoms with van der Waals surface area (Å²) < 4.78 is 0.718. The molecule has 0 unspecified atom stereocenters. The molecule has 0 aromatic carbocycles. The fourth-order valence-corrected chi connectivity index (χ4v) is 2.32. The first-order valence-corrected chi connectivity index (χ1v) is 6.42. The highest BCUT2D eigenvalue weighted by atomic mass is 79.9. The Hall–Kier alpha value is -0.940. The van der Waals surface area contributed by atoms with Crippen LogP contribution in [0.25, 0.3) is 0 Å². The molecule has 0 bridgehead atoms. The molecule has 92 valence electrons. The number of nitrogens with zero attached hydrogens (tertiary/aromatic N) is 1. The van der Waals surface area contributed by atoms with E-state index in [0.29, 0.717) is 5.82 Å². The van der Waals surface area contributed by atoms with Crippen LogP contribution in [0, 0.1) is 5.41 Å². The summed E-state index contributed by atoms with van der Waals surface area (Å²) in [5, 5.41) is 6.05. The summed E-state index contributed by atoms with van der Waals surface area (Å²) in [5.41, 5.74) is 0.187. The van der Waals surface area contributed by atoms with Crippen molar-refractivity contribution < 1.29 is 4.79 Å². The lowest BCUT2D eigenvalue weighted by Crippen LogP contribution is -2.35. The molecule has 2 rings (SSSR count). The van der Waals surface area contributed by atoms with Gasteiger partial charge in [0.25, 0.3) is 0 Å². The van der Waals surface area contributed by atoms with Gasteiger partial charge >= 0.3 is 0 Å².